The van der Waals surface area contributed by atoms with E-state index < -0.39 is 0 Å². The minimum absolute atomic E-state index is 0.262. The summed E-state index contributed by atoms with van der Waals surface area (Å²) in [6.07, 6.45) is 9.04. The van der Waals surface area contributed by atoms with E-state index in [4.69, 9.17) is 16.3 Å². The predicted molar refractivity (Wildman–Crippen MR) is 74.9 cm³/mol. The molecule has 1 nitrogen and oxygen atoms in total. The van der Waals surface area contributed by atoms with Crippen LogP contribution >= 0.6 is 23.4 Å². The van der Waals surface area contributed by atoms with Crippen LogP contribution in [0.4, 0.5) is 0 Å². The van der Waals surface area contributed by atoms with Crippen molar-refractivity contribution in [3.63, 3.8) is 0 Å². The molecule has 0 N–H and O–H groups in total. The fourth-order valence-electron chi connectivity index (χ4n) is 3.95. The molecule has 1 aliphatic carbocycles. The van der Waals surface area contributed by atoms with Crippen LogP contribution in [0.25, 0.3) is 0 Å². The first-order valence-electron chi connectivity index (χ1n) is 7.13. The zero-order valence-corrected chi connectivity index (χ0v) is 12.1. The Kier molecular flexibility index (Phi) is 3.94. The summed E-state index contributed by atoms with van der Waals surface area (Å²) in [7, 11) is 0. The summed E-state index contributed by atoms with van der Waals surface area (Å²) in [4.78, 5) is 0. The van der Waals surface area contributed by atoms with Crippen molar-refractivity contribution in [2.75, 3.05) is 18.1 Å². The number of alkyl halides is 1. The largest absolute Gasteiger partial charge is 0.375 e. The fourth-order valence-corrected chi connectivity index (χ4v) is 5.54. The van der Waals surface area contributed by atoms with Gasteiger partial charge < -0.3 is 4.74 Å². The molecule has 2 aliphatic heterocycles. The summed E-state index contributed by atoms with van der Waals surface area (Å²) in [6.45, 7) is 0.999. The molecule has 0 aromatic heterocycles. The summed E-state index contributed by atoms with van der Waals surface area (Å²) in [5.41, 5.74) is 0.262. The van der Waals surface area contributed by atoms with Gasteiger partial charge in [0.2, 0.25) is 0 Å². The Labute approximate surface area is 114 Å². The zero-order valence-electron chi connectivity index (χ0n) is 10.5. The third kappa shape index (κ3) is 2.79. The summed E-state index contributed by atoms with van der Waals surface area (Å²) in [5.74, 6) is 4.40. The normalized spacial score (nSPS) is 41.8. The molecule has 0 bridgehead atoms. The van der Waals surface area contributed by atoms with Crippen molar-refractivity contribution in [2.24, 2.45) is 11.8 Å². The van der Waals surface area contributed by atoms with Crippen LogP contribution in [-0.4, -0.2) is 29.1 Å². The van der Waals surface area contributed by atoms with Crippen LogP contribution in [0.2, 0.25) is 0 Å². The average Bonchev–Trinajstić information content (AvgIpc) is 2.77. The summed E-state index contributed by atoms with van der Waals surface area (Å²) < 4.78 is 6.18. The SMILES string of the molecule is ClC1CCC(C2CCOC3(CCSCC3)C2)C1. The van der Waals surface area contributed by atoms with Crippen LogP contribution in [0.5, 0.6) is 0 Å². The molecule has 17 heavy (non-hydrogen) atoms. The monoisotopic (exact) mass is 274 g/mol. The van der Waals surface area contributed by atoms with E-state index in [1.807, 2.05) is 0 Å². The van der Waals surface area contributed by atoms with E-state index in [9.17, 15) is 0 Å². The van der Waals surface area contributed by atoms with Crippen molar-refractivity contribution in [3.05, 3.63) is 0 Å². The maximum Gasteiger partial charge on any atom is 0.0701 e. The van der Waals surface area contributed by atoms with Crippen LogP contribution in [0.3, 0.4) is 0 Å². The molecule has 3 rings (SSSR count). The third-order valence-corrected chi connectivity index (χ3v) is 6.39. The van der Waals surface area contributed by atoms with Crippen LogP contribution in [0, 0.1) is 11.8 Å². The highest BCUT2D eigenvalue weighted by Crippen LogP contribution is 2.46. The molecule has 2 heterocycles. The smallest absolute Gasteiger partial charge is 0.0701 e. The molecule has 2 saturated heterocycles. The van der Waals surface area contributed by atoms with Crippen LogP contribution in [0.1, 0.15) is 44.9 Å². The lowest BCUT2D eigenvalue weighted by atomic mass is 9.75. The third-order valence-electron chi connectivity index (χ3n) is 5.01. The first-order chi connectivity index (χ1) is 8.27. The molecule has 0 radical (unpaired) electrons. The van der Waals surface area contributed by atoms with Gasteiger partial charge in [-0.2, -0.15) is 11.8 Å². The van der Waals surface area contributed by atoms with Crippen molar-refractivity contribution < 1.29 is 4.74 Å². The number of halogens is 1. The van der Waals surface area contributed by atoms with Crippen molar-refractivity contribution in [3.8, 4) is 0 Å². The van der Waals surface area contributed by atoms with Gasteiger partial charge in [-0.25, -0.2) is 0 Å². The van der Waals surface area contributed by atoms with Gasteiger partial charge in [-0.05, 0) is 68.3 Å². The van der Waals surface area contributed by atoms with E-state index in [0.29, 0.717) is 5.38 Å². The lowest BCUT2D eigenvalue weighted by Gasteiger charge is -2.45. The summed E-state index contributed by atoms with van der Waals surface area (Å²) in [6, 6.07) is 0. The van der Waals surface area contributed by atoms with Gasteiger partial charge >= 0.3 is 0 Å². The molecule has 3 aliphatic rings. The molecule has 98 valence electrons. The van der Waals surface area contributed by atoms with E-state index in [1.165, 1.54) is 56.5 Å². The van der Waals surface area contributed by atoms with Crippen molar-refractivity contribution >= 4 is 23.4 Å². The molecule has 3 unspecified atom stereocenters. The molecule has 0 aromatic carbocycles. The van der Waals surface area contributed by atoms with Crippen LogP contribution < -0.4 is 0 Å². The Bertz CT molecular complexity index is 259. The fraction of sp³-hybridized carbons (Fsp3) is 1.00. The molecule has 3 fully saturated rings. The lowest BCUT2D eigenvalue weighted by molar-refractivity contribution is -0.110. The van der Waals surface area contributed by atoms with Gasteiger partial charge in [-0.3, -0.25) is 0 Å². The lowest BCUT2D eigenvalue weighted by Crippen LogP contribution is -2.44. The minimum atomic E-state index is 0.262. The van der Waals surface area contributed by atoms with E-state index >= 15 is 0 Å². The molecular weight excluding hydrogens is 252 g/mol. The van der Waals surface area contributed by atoms with Gasteiger partial charge in [0.1, 0.15) is 0 Å². The highest BCUT2D eigenvalue weighted by molar-refractivity contribution is 7.99. The Hall–Kier alpha value is 0.600. The summed E-state index contributed by atoms with van der Waals surface area (Å²) >= 11 is 8.36. The Morgan fingerprint density at radius 3 is 2.59 bits per heavy atom. The number of hydrogen-bond acceptors (Lipinski definition) is 2. The Balaban J connectivity index is 1.62. The molecular formula is C14H23ClOS. The molecule has 0 aromatic rings. The quantitative estimate of drug-likeness (QED) is 0.666. The molecule has 1 saturated carbocycles. The van der Waals surface area contributed by atoms with Gasteiger partial charge in [0, 0.05) is 12.0 Å². The second kappa shape index (κ2) is 5.30. The Morgan fingerprint density at radius 2 is 1.88 bits per heavy atom. The standard InChI is InChI=1S/C14H23ClOS/c15-13-2-1-11(9-13)12-3-6-16-14(10-12)4-7-17-8-5-14/h11-13H,1-10H2. The maximum absolute atomic E-state index is 6.27. The second-order valence-corrected chi connectivity index (χ2v) is 7.91. The number of rotatable bonds is 1. The van der Waals surface area contributed by atoms with E-state index in [1.54, 1.807) is 0 Å². The van der Waals surface area contributed by atoms with Crippen LogP contribution in [0.15, 0.2) is 0 Å². The van der Waals surface area contributed by atoms with Crippen molar-refractivity contribution in [1.82, 2.24) is 0 Å². The molecule has 1 spiro atoms. The van der Waals surface area contributed by atoms with Gasteiger partial charge in [-0.15, -0.1) is 11.6 Å². The average molecular weight is 275 g/mol. The first-order valence-corrected chi connectivity index (χ1v) is 8.72. The van der Waals surface area contributed by atoms with Gasteiger partial charge in [0.25, 0.3) is 0 Å². The minimum Gasteiger partial charge on any atom is -0.375 e. The van der Waals surface area contributed by atoms with Crippen LogP contribution in [-0.2, 0) is 4.74 Å². The van der Waals surface area contributed by atoms with E-state index in [-0.39, 0.29) is 5.60 Å². The van der Waals surface area contributed by atoms with Gasteiger partial charge in [0.15, 0.2) is 0 Å². The molecule has 3 atom stereocenters. The number of ether oxygens (including phenoxy) is 1. The zero-order chi connectivity index (χ0) is 11.7. The molecule has 3 heteroatoms. The van der Waals surface area contributed by atoms with Gasteiger partial charge in [0.05, 0.1) is 5.60 Å². The summed E-state index contributed by atoms with van der Waals surface area (Å²) in [5, 5.41) is 0.459. The Morgan fingerprint density at radius 1 is 1.06 bits per heavy atom. The molecule has 0 amide bonds. The van der Waals surface area contributed by atoms with E-state index in [2.05, 4.69) is 11.8 Å². The van der Waals surface area contributed by atoms with Gasteiger partial charge in [-0.1, -0.05) is 0 Å². The maximum atomic E-state index is 6.27. The highest BCUT2D eigenvalue weighted by Gasteiger charge is 2.42. The number of hydrogen-bond donors (Lipinski definition) is 0. The topological polar surface area (TPSA) is 9.23 Å². The number of thioether (sulfide) groups is 1. The van der Waals surface area contributed by atoms with E-state index in [0.717, 1.165) is 18.4 Å². The second-order valence-electron chi connectivity index (χ2n) is 6.07. The highest BCUT2D eigenvalue weighted by atomic mass is 35.5. The van der Waals surface area contributed by atoms with Crippen molar-refractivity contribution in [2.45, 2.75) is 55.9 Å². The van der Waals surface area contributed by atoms with Crippen molar-refractivity contribution in [1.29, 1.82) is 0 Å². The first kappa shape index (κ1) is 12.6. The predicted octanol–water partition coefficient (Wildman–Crippen LogP) is 4.09.